The van der Waals surface area contributed by atoms with Gasteiger partial charge in [-0.25, -0.2) is 0 Å². The van der Waals surface area contributed by atoms with Crippen molar-refractivity contribution >= 4 is 17.5 Å². The summed E-state index contributed by atoms with van der Waals surface area (Å²) in [6.07, 6.45) is 3.34. The van der Waals surface area contributed by atoms with Gasteiger partial charge in [-0.1, -0.05) is 11.6 Å². The average Bonchev–Trinajstić information content (AvgIpc) is 2.53. The molecule has 1 atom stereocenters. The van der Waals surface area contributed by atoms with Gasteiger partial charge in [0.1, 0.15) is 5.69 Å². The molecule has 0 radical (unpaired) electrons. The summed E-state index contributed by atoms with van der Waals surface area (Å²) in [4.78, 5) is 14.4. The molecule has 0 unspecified atom stereocenters. The Balaban J connectivity index is 2.30. The van der Waals surface area contributed by atoms with Gasteiger partial charge in [-0.2, -0.15) is 5.10 Å². The number of aryl methyl sites for hydroxylation is 2. The molecular weight excluding hydrogens is 238 g/mol. The van der Waals surface area contributed by atoms with Crippen LogP contribution in [0.15, 0.2) is 0 Å². The quantitative estimate of drug-likeness (QED) is 0.773. The Kier molecular flexibility index (Phi) is 3.43. The van der Waals surface area contributed by atoms with Crippen molar-refractivity contribution < 1.29 is 4.79 Å². The maximum atomic E-state index is 12.4. The highest BCUT2D eigenvalue weighted by atomic mass is 35.5. The summed E-state index contributed by atoms with van der Waals surface area (Å²) >= 11 is 6.15. The number of nitrogens with zero attached hydrogens (tertiary/aromatic N) is 3. The SMILES string of the molecule is Cc1nn(C)c(C(=O)N2CCCC[C@@H]2C)c1Cl. The van der Waals surface area contributed by atoms with E-state index in [1.807, 2.05) is 11.8 Å². The molecular formula is C12H18ClN3O. The first kappa shape index (κ1) is 12.4. The third-order valence-corrected chi connectivity index (χ3v) is 3.87. The molecule has 1 saturated heterocycles. The van der Waals surface area contributed by atoms with E-state index in [-0.39, 0.29) is 5.91 Å². The molecule has 94 valence electrons. The number of carbonyl (C=O) groups excluding carboxylic acids is 1. The van der Waals surface area contributed by atoms with Gasteiger partial charge in [0.2, 0.25) is 0 Å². The van der Waals surface area contributed by atoms with Crippen molar-refractivity contribution in [2.24, 2.45) is 7.05 Å². The molecule has 2 rings (SSSR count). The first-order valence-electron chi connectivity index (χ1n) is 6.02. The monoisotopic (exact) mass is 255 g/mol. The highest BCUT2D eigenvalue weighted by Gasteiger charge is 2.28. The lowest BCUT2D eigenvalue weighted by Crippen LogP contribution is -2.42. The van der Waals surface area contributed by atoms with Crippen molar-refractivity contribution in [3.05, 3.63) is 16.4 Å². The first-order chi connectivity index (χ1) is 8.02. The van der Waals surface area contributed by atoms with Gasteiger partial charge in [0, 0.05) is 19.6 Å². The fourth-order valence-electron chi connectivity index (χ4n) is 2.40. The van der Waals surface area contributed by atoms with Gasteiger partial charge in [0.15, 0.2) is 0 Å². The van der Waals surface area contributed by atoms with Crippen LogP contribution >= 0.6 is 11.6 Å². The molecule has 0 N–H and O–H groups in total. The second-order valence-corrected chi connectivity index (χ2v) is 5.09. The minimum atomic E-state index is 0.00491. The lowest BCUT2D eigenvalue weighted by molar-refractivity contribution is 0.0624. The Hall–Kier alpha value is -1.03. The number of amides is 1. The maximum Gasteiger partial charge on any atom is 0.273 e. The summed E-state index contributed by atoms with van der Waals surface area (Å²) in [5.41, 5.74) is 1.22. The number of aromatic nitrogens is 2. The number of piperidine rings is 1. The van der Waals surface area contributed by atoms with E-state index in [1.165, 1.54) is 6.42 Å². The summed E-state index contributed by atoms with van der Waals surface area (Å²) in [5.74, 6) is 0.00491. The van der Waals surface area contributed by atoms with Crippen molar-refractivity contribution in [1.29, 1.82) is 0 Å². The van der Waals surface area contributed by atoms with E-state index >= 15 is 0 Å². The Labute approximate surface area is 107 Å². The van der Waals surface area contributed by atoms with Crippen LogP contribution in [0.1, 0.15) is 42.4 Å². The fraction of sp³-hybridized carbons (Fsp3) is 0.667. The van der Waals surface area contributed by atoms with Crippen molar-refractivity contribution in [3.63, 3.8) is 0 Å². The molecule has 0 bridgehead atoms. The molecule has 1 aromatic rings. The van der Waals surface area contributed by atoms with Crippen molar-refractivity contribution in [1.82, 2.24) is 14.7 Å². The normalized spacial score (nSPS) is 20.7. The van der Waals surface area contributed by atoms with Crippen molar-refractivity contribution in [3.8, 4) is 0 Å². The molecule has 17 heavy (non-hydrogen) atoms. The Morgan fingerprint density at radius 2 is 2.18 bits per heavy atom. The van der Waals surface area contributed by atoms with Crippen LogP contribution in [-0.4, -0.2) is 33.2 Å². The van der Waals surface area contributed by atoms with E-state index in [1.54, 1.807) is 11.7 Å². The average molecular weight is 256 g/mol. The van der Waals surface area contributed by atoms with Crippen LogP contribution < -0.4 is 0 Å². The van der Waals surface area contributed by atoms with Gasteiger partial charge in [-0.15, -0.1) is 0 Å². The van der Waals surface area contributed by atoms with E-state index in [0.717, 1.165) is 19.4 Å². The van der Waals surface area contributed by atoms with Crippen molar-refractivity contribution in [2.75, 3.05) is 6.54 Å². The minimum absolute atomic E-state index is 0.00491. The van der Waals surface area contributed by atoms with Crippen LogP contribution in [0.25, 0.3) is 0 Å². The second-order valence-electron chi connectivity index (χ2n) is 4.71. The van der Waals surface area contributed by atoms with Crippen LogP contribution in [0.5, 0.6) is 0 Å². The van der Waals surface area contributed by atoms with E-state index < -0.39 is 0 Å². The Morgan fingerprint density at radius 1 is 1.47 bits per heavy atom. The summed E-state index contributed by atoms with van der Waals surface area (Å²) in [6, 6.07) is 0.294. The molecule has 0 aliphatic carbocycles. The Bertz CT molecular complexity index is 441. The van der Waals surface area contributed by atoms with E-state index in [4.69, 9.17) is 11.6 Å². The minimum Gasteiger partial charge on any atom is -0.335 e. The number of likely N-dealkylation sites (tertiary alicyclic amines) is 1. The van der Waals surface area contributed by atoms with Gasteiger partial charge < -0.3 is 4.90 Å². The Morgan fingerprint density at radius 3 is 2.71 bits per heavy atom. The zero-order valence-electron chi connectivity index (χ0n) is 10.5. The molecule has 0 spiro atoms. The topological polar surface area (TPSA) is 38.1 Å². The molecule has 1 aliphatic rings. The van der Waals surface area contributed by atoms with Crippen LogP contribution in [0.2, 0.25) is 5.02 Å². The van der Waals surface area contributed by atoms with E-state index in [2.05, 4.69) is 12.0 Å². The smallest absolute Gasteiger partial charge is 0.273 e. The molecule has 5 heteroatoms. The summed E-state index contributed by atoms with van der Waals surface area (Å²) in [5, 5.41) is 4.67. The predicted octanol–water partition coefficient (Wildman–Crippen LogP) is 2.40. The van der Waals surface area contributed by atoms with Gasteiger partial charge in [0.05, 0.1) is 10.7 Å². The number of carbonyl (C=O) groups is 1. The largest absolute Gasteiger partial charge is 0.335 e. The third kappa shape index (κ3) is 2.18. The molecule has 1 fully saturated rings. The number of hydrogen-bond acceptors (Lipinski definition) is 2. The number of halogens is 1. The van der Waals surface area contributed by atoms with Crippen LogP contribution in [0.4, 0.5) is 0 Å². The molecule has 0 aromatic carbocycles. The number of hydrogen-bond donors (Lipinski definition) is 0. The molecule has 4 nitrogen and oxygen atoms in total. The molecule has 0 saturated carbocycles. The highest BCUT2D eigenvalue weighted by Crippen LogP contribution is 2.24. The van der Waals surface area contributed by atoms with Crippen LogP contribution in [0, 0.1) is 6.92 Å². The molecule has 1 aromatic heterocycles. The van der Waals surface area contributed by atoms with E-state index in [0.29, 0.717) is 22.5 Å². The van der Waals surface area contributed by atoms with Gasteiger partial charge in [0.25, 0.3) is 5.91 Å². The van der Waals surface area contributed by atoms with E-state index in [9.17, 15) is 4.79 Å². The second kappa shape index (κ2) is 4.69. The number of rotatable bonds is 1. The van der Waals surface area contributed by atoms with Gasteiger partial charge in [-0.3, -0.25) is 9.48 Å². The molecule has 1 amide bonds. The first-order valence-corrected chi connectivity index (χ1v) is 6.40. The maximum absolute atomic E-state index is 12.4. The zero-order chi connectivity index (χ0) is 12.6. The summed E-state index contributed by atoms with van der Waals surface area (Å²) in [6.45, 7) is 4.73. The molecule has 2 heterocycles. The standard InChI is InChI=1S/C12H18ClN3O/c1-8-6-4-5-7-16(8)12(17)11-10(13)9(2)14-15(11)3/h8H,4-7H2,1-3H3/t8-/m0/s1. The summed E-state index contributed by atoms with van der Waals surface area (Å²) in [7, 11) is 1.76. The summed E-state index contributed by atoms with van der Waals surface area (Å²) < 4.78 is 1.58. The lowest BCUT2D eigenvalue weighted by atomic mass is 10.0. The molecule has 1 aliphatic heterocycles. The fourth-order valence-corrected chi connectivity index (χ4v) is 2.64. The predicted molar refractivity (Wildman–Crippen MR) is 67.3 cm³/mol. The highest BCUT2D eigenvalue weighted by molar-refractivity contribution is 6.34. The lowest BCUT2D eigenvalue weighted by Gasteiger charge is -2.33. The third-order valence-electron chi connectivity index (χ3n) is 3.42. The van der Waals surface area contributed by atoms with Crippen molar-refractivity contribution in [2.45, 2.75) is 39.2 Å². The van der Waals surface area contributed by atoms with Crippen LogP contribution in [0.3, 0.4) is 0 Å². The zero-order valence-corrected chi connectivity index (χ0v) is 11.3. The van der Waals surface area contributed by atoms with Gasteiger partial charge >= 0.3 is 0 Å². The van der Waals surface area contributed by atoms with Gasteiger partial charge in [-0.05, 0) is 33.1 Å². The van der Waals surface area contributed by atoms with Crippen LogP contribution in [-0.2, 0) is 7.05 Å².